The third kappa shape index (κ3) is 26.9. The van der Waals surface area contributed by atoms with E-state index in [1.165, 1.54) is 51.4 Å². The van der Waals surface area contributed by atoms with Gasteiger partial charge in [-0.1, -0.05) is 115 Å². The van der Waals surface area contributed by atoms with Crippen LogP contribution in [0.3, 0.4) is 0 Å². The highest BCUT2D eigenvalue weighted by molar-refractivity contribution is 7.85. The maximum absolute atomic E-state index is 12.8. The van der Waals surface area contributed by atoms with E-state index in [0.29, 0.717) is 12.8 Å². The van der Waals surface area contributed by atoms with Gasteiger partial charge >= 0.3 is 11.9 Å². The Morgan fingerprint density at radius 3 is 1.57 bits per heavy atom. The molecule has 0 aromatic carbocycles. The molecule has 0 saturated carbocycles. The minimum atomic E-state index is -4.60. The third-order valence-corrected chi connectivity index (χ3v) is 10.3. The fourth-order valence-corrected chi connectivity index (χ4v) is 6.88. The number of rotatable bonds is 34. The first kappa shape index (κ1) is 50.1. The average molecular weight is 791 g/mol. The molecule has 4 N–H and O–H groups in total. The van der Waals surface area contributed by atoms with E-state index in [0.717, 1.165) is 77.0 Å². The zero-order valence-electron chi connectivity index (χ0n) is 33.3. The highest BCUT2D eigenvalue weighted by Gasteiger charge is 2.46. The molecule has 1 aliphatic heterocycles. The van der Waals surface area contributed by atoms with Crippen molar-refractivity contribution in [1.29, 1.82) is 0 Å². The zero-order chi connectivity index (χ0) is 39.9. The smallest absolute Gasteiger partial charge is 0.306 e. The monoisotopic (exact) mass is 790 g/mol. The van der Waals surface area contributed by atoms with E-state index in [4.69, 9.17) is 18.9 Å². The molecule has 1 fully saturated rings. The minimum absolute atomic E-state index is 0.154. The number of unbranched alkanes of at least 4 members (excludes halogenated alkanes) is 18. The summed E-state index contributed by atoms with van der Waals surface area (Å²) in [5.74, 6) is -2.00. The predicted molar refractivity (Wildman–Crippen MR) is 210 cm³/mol. The standard InChI is InChI=1S/C41H74O12S/c1-3-5-7-9-11-13-15-17-18-20-22-24-26-28-30-37(43)52-34(32-51-41-40(46)39(45)38(44)35(53-41)33-54(47,48)49)31-50-36(42)29-27-25-23-21-19-16-14-12-10-8-6-4-2/h12,14-15,17,34-35,38-41,44-46H,3-11,13,16,18-33H2,1-2H3,(H,47,48,49)/b14-12-,17-15-. The first-order valence-corrected chi connectivity index (χ1v) is 22.5. The molecule has 13 heteroatoms. The van der Waals surface area contributed by atoms with Crippen LogP contribution in [0.2, 0.25) is 0 Å². The van der Waals surface area contributed by atoms with Gasteiger partial charge < -0.3 is 34.3 Å². The van der Waals surface area contributed by atoms with E-state index < -0.39 is 71.2 Å². The topological polar surface area (TPSA) is 186 Å². The van der Waals surface area contributed by atoms with Gasteiger partial charge in [-0.15, -0.1) is 0 Å². The molecule has 316 valence electrons. The first-order valence-electron chi connectivity index (χ1n) is 20.9. The Hall–Kier alpha value is -1.87. The molecule has 6 atom stereocenters. The summed E-state index contributed by atoms with van der Waals surface area (Å²) in [6.45, 7) is 3.69. The van der Waals surface area contributed by atoms with Crippen LogP contribution in [0.4, 0.5) is 0 Å². The molecule has 12 nitrogen and oxygen atoms in total. The van der Waals surface area contributed by atoms with Crippen LogP contribution in [0, 0.1) is 0 Å². The number of aliphatic hydroxyl groups is 3. The summed E-state index contributed by atoms with van der Waals surface area (Å²) >= 11 is 0. The number of allylic oxidation sites excluding steroid dienone is 4. The van der Waals surface area contributed by atoms with Crippen molar-refractivity contribution in [3.05, 3.63) is 24.3 Å². The van der Waals surface area contributed by atoms with Crippen molar-refractivity contribution in [2.75, 3.05) is 19.0 Å². The summed E-state index contributed by atoms with van der Waals surface area (Å²) in [7, 11) is -4.60. The third-order valence-electron chi connectivity index (χ3n) is 9.50. The largest absolute Gasteiger partial charge is 0.462 e. The van der Waals surface area contributed by atoms with Crippen molar-refractivity contribution in [2.24, 2.45) is 0 Å². The van der Waals surface area contributed by atoms with Crippen molar-refractivity contribution in [3.8, 4) is 0 Å². The Labute approximate surface area is 326 Å². The highest BCUT2D eigenvalue weighted by atomic mass is 32.2. The summed E-state index contributed by atoms with van der Waals surface area (Å²) in [6.07, 6.45) is 23.7. The van der Waals surface area contributed by atoms with E-state index in [1.54, 1.807) is 0 Å². The molecular formula is C41H74O12S. The number of hydrogen-bond acceptors (Lipinski definition) is 11. The molecule has 0 aromatic heterocycles. The van der Waals surface area contributed by atoms with Gasteiger partial charge in [0, 0.05) is 12.8 Å². The van der Waals surface area contributed by atoms with Gasteiger partial charge in [-0.2, -0.15) is 8.42 Å². The Balaban J connectivity index is 2.51. The quantitative estimate of drug-likeness (QED) is 0.0216. The van der Waals surface area contributed by atoms with Crippen LogP contribution in [0.5, 0.6) is 0 Å². The molecule has 1 aliphatic rings. The van der Waals surface area contributed by atoms with E-state index in [1.807, 2.05) is 0 Å². The SMILES string of the molecule is CCCCC/C=C\CCCCCCCC(=O)OCC(COC1OC(CS(=O)(=O)O)C(O)C(O)C1O)OC(=O)CCCCCCC/C=C\CCCCCCC. The van der Waals surface area contributed by atoms with Gasteiger partial charge in [0.1, 0.15) is 36.8 Å². The Morgan fingerprint density at radius 2 is 1.06 bits per heavy atom. The summed E-state index contributed by atoms with van der Waals surface area (Å²) in [5, 5.41) is 30.8. The normalized spacial score (nSPS) is 21.2. The van der Waals surface area contributed by atoms with Crippen molar-refractivity contribution < 1.29 is 56.8 Å². The molecule has 54 heavy (non-hydrogen) atoms. The first-order chi connectivity index (χ1) is 26.0. The lowest BCUT2D eigenvalue weighted by atomic mass is 10.00. The maximum Gasteiger partial charge on any atom is 0.306 e. The van der Waals surface area contributed by atoms with Crippen LogP contribution < -0.4 is 0 Å². The lowest BCUT2D eigenvalue weighted by Crippen LogP contribution is -2.60. The summed E-state index contributed by atoms with van der Waals surface area (Å²) in [4.78, 5) is 25.3. The van der Waals surface area contributed by atoms with E-state index in [2.05, 4.69) is 38.2 Å². The number of aliphatic hydroxyl groups excluding tert-OH is 3. The molecule has 6 unspecified atom stereocenters. The lowest BCUT2D eigenvalue weighted by Gasteiger charge is -2.40. The molecule has 0 bridgehead atoms. The number of ether oxygens (including phenoxy) is 4. The fraction of sp³-hybridized carbons (Fsp3) is 0.854. The van der Waals surface area contributed by atoms with Gasteiger partial charge in [-0.25, -0.2) is 0 Å². The number of carbonyl (C=O) groups is 2. The Kier molecular flexibility index (Phi) is 29.9. The van der Waals surface area contributed by atoms with Crippen LogP contribution >= 0.6 is 0 Å². The van der Waals surface area contributed by atoms with E-state index in [-0.39, 0.29) is 19.4 Å². The second kappa shape index (κ2) is 32.2. The van der Waals surface area contributed by atoms with Gasteiger partial charge in [0.05, 0.1) is 6.61 Å². The van der Waals surface area contributed by atoms with Gasteiger partial charge in [-0.05, 0) is 64.2 Å². The van der Waals surface area contributed by atoms with Crippen LogP contribution in [0.15, 0.2) is 24.3 Å². The Morgan fingerprint density at radius 1 is 0.611 bits per heavy atom. The van der Waals surface area contributed by atoms with Crippen LogP contribution in [-0.2, 0) is 38.7 Å². The molecule has 1 heterocycles. The fourth-order valence-electron chi connectivity index (χ4n) is 6.19. The summed E-state index contributed by atoms with van der Waals surface area (Å²) in [5.41, 5.74) is 0. The predicted octanol–water partition coefficient (Wildman–Crippen LogP) is 7.67. The van der Waals surface area contributed by atoms with Crippen LogP contribution in [-0.4, -0.2) is 96.0 Å². The molecule has 0 amide bonds. The van der Waals surface area contributed by atoms with Crippen LogP contribution in [0.1, 0.15) is 168 Å². The molecule has 0 aromatic rings. The van der Waals surface area contributed by atoms with Gasteiger partial charge in [0.15, 0.2) is 12.4 Å². The summed E-state index contributed by atoms with van der Waals surface area (Å²) < 4.78 is 53.9. The minimum Gasteiger partial charge on any atom is -0.462 e. The lowest BCUT2D eigenvalue weighted by molar-refractivity contribution is -0.297. The van der Waals surface area contributed by atoms with E-state index in [9.17, 15) is 37.9 Å². The summed E-state index contributed by atoms with van der Waals surface area (Å²) in [6, 6.07) is 0. The second-order valence-corrected chi connectivity index (χ2v) is 16.1. The molecule has 1 rings (SSSR count). The molecular weight excluding hydrogens is 717 g/mol. The number of carbonyl (C=O) groups excluding carboxylic acids is 2. The van der Waals surface area contributed by atoms with Crippen molar-refractivity contribution in [2.45, 2.75) is 205 Å². The van der Waals surface area contributed by atoms with Gasteiger partial charge in [-0.3, -0.25) is 14.1 Å². The maximum atomic E-state index is 12.8. The van der Waals surface area contributed by atoms with Crippen molar-refractivity contribution in [1.82, 2.24) is 0 Å². The number of hydrogen-bond donors (Lipinski definition) is 4. The molecule has 0 radical (unpaired) electrons. The Bertz CT molecular complexity index is 1110. The van der Waals surface area contributed by atoms with Crippen LogP contribution in [0.25, 0.3) is 0 Å². The zero-order valence-corrected chi connectivity index (χ0v) is 34.1. The molecule has 1 saturated heterocycles. The van der Waals surface area contributed by atoms with Gasteiger partial charge in [0.2, 0.25) is 0 Å². The van der Waals surface area contributed by atoms with Crippen molar-refractivity contribution >= 4 is 22.1 Å². The number of esters is 2. The second-order valence-electron chi connectivity index (χ2n) is 14.6. The highest BCUT2D eigenvalue weighted by Crippen LogP contribution is 2.24. The van der Waals surface area contributed by atoms with Gasteiger partial charge in [0.25, 0.3) is 10.1 Å². The average Bonchev–Trinajstić information content (AvgIpc) is 3.13. The van der Waals surface area contributed by atoms with E-state index >= 15 is 0 Å². The molecule has 0 aliphatic carbocycles. The molecule has 0 spiro atoms. The van der Waals surface area contributed by atoms with Crippen molar-refractivity contribution in [3.63, 3.8) is 0 Å².